The van der Waals surface area contributed by atoms with Gasteiger partial charge in [0, 0.05) is 17.1 Å². The van der Waals surface area contributed by atoms with E-state index in [2.05, 4.69) is 249 Å². The van der Waals surface area contributed by atoms with Gasteiger partial charge in [-0.25, -0.2) is 0 Å². The first-order valence-electron chi connectivity index (χ1n) is 22.7. The average Bonchev–Trinajstić information content (AvgIpc) is 3.40. The smallest absolute Gasteiger partial charge is 0.0702 e. The fourth-order valence-corrected chi connectivity index (χ4v) is 10.1. The molecule has 0 unspecified atom stereocenters. The number of benzene rings is 11. The summed E-state index contributed by atoms with van der Waals surface area (Å²) in [4.78, 5) is 4.88. The van der Waals surface area contributed by atoms with Crippen LogP contribution < -0.4 is 0 Å². The maximum atomic E-state index is 4.88. The van der Waals surface area contributed by atoms with Gasteiger partial charge in [-0.15, -0.1) is 0 Å². The number of aromatic nitrogens is 1. The van der Waals surface area contributed by atoms with E-state index in [0.717, 1.165) is 16.5 Å². The number of rotatable bonds is 8. The molecule has 1 heterocycles. The molecule has 0 spiro atoms. The molecule has 12 rings (SSSR count). The molecule has 0 radical (unpaired) electrons. The Morgan fingerprint density at radius 2 is 0.545 bits per heavy atom. The molecule has 12 aromatic rings. The molecule has 66 heavy (non-hydrogen) atoms. The number of pyridine rings is 1. The van der Waals surface area contributed by atoms with E-state index in [1.165, 1.54) is 105 Å². The van der Waals surface area contributed by atoms with Crippen LogP contribution in [0.3, 0.4) is 0 Å². The summed E-state index contributed by atoms with van der Waals surface area (Å²) in [6, 6.07) is 92.6. The predicted octanol–water partition coefficient (Wildman–Crippen LogP) is 17.9. The van der Waals surface area contributed by atoms with E-state index in [0.29, 0.717) is 0 Å². The quantitative estimate of drug-likeness (QED) is 0.139. The van der Waals surface area contributed by atoms with Gasteiger partial charge >= 0.3 is 0 Å². The van der Waals surface area contributed by atoms with Gasteiger partial charge in [-0.05, 0) is 123 Å². The summed E-state index contributed by atoms with van der Waals surface area (Å²) >= 11 is 0. The summed E-state index contributed by atoms with van der Waals surface area (Å²) in [7, 11) is 0. The van der Waals surface area contributed by atoms with Gasteiger partial charge in [-0.2, -0.15) is 0 Å². The Labute approximate surface area is 385 Å². The number of hydrogen-bond donors (Lipinski definition) is 0. The molecule has 308 valence electrons. The Hall–Kier alpha value is -8.65. The number of fused-ring (bicyclic) bond motifs is 3. The second-order valence-electron chi connectivity index (χ2n) is 17.0. The Balaban J connectivity index is 0.988. The van der Waals surface area contributed by atoms with E-state index in [9.17, 15) is 0 Å². The molecule has 0 fully saturated rings. The summed E-state index contributed by atoms with van der Waals surface area (Å²) in [5, 5.41) is 6.05. The third-order valence-corrected chi connectivity index (χ3v) is 13.1. The molecule has 1 nitrogen and oxygen atoms in total. The lowest BCUT2D eigenvalue weighted by atomic mass is 9.79. The Bertz CT molecular complexity index is 3630. The highest BCUT2D eigenvalue weighted by atomic mass is 14.6. The highest BCUT2D eigenvalue weighted by molar-refractivity contribution is 6.21. The van der Waals surface area contributed by atoms with E-state index in [1.807, 2.05) is 12.3 Å². The molecule has 1 aromatic heterocycles. The lowest BCUT2D eigenvalue weighted by Crippen LogP contribution is -1.98. The van der Waals surface area contributed by atoms with Crippen LogP contribution >= 0.6 is 0 Å². The monoisotopic (exact) mass is 837 g/mol. The van der Waals surface area contributed by atoms with Gasteiger partial charge in [0.05, 0.1) is 5.52 Å². The van der Waals surface area contributed by atoms with Crippen molar-refractivity contribution in [2.24, 2.45) is 0 Å². The van der Waals surface area contributed by atoms with Crippen molar-refractivity contribution < 1.29 is 0 Å². The third-order valence-electron chi connectivity index (χ3n) is 13.1. The first kappa shape index (κ1) is 39.0. The maximum absolute atomic E-state index is 4.88. The Kier molecular flexibility index (Phi) is 9.93. The van der Waals surface area contributed by atoms with Crippen LogP contribution in [-0.4, -0.2) is 4.98 Å². The molecule has 0 amide bonds. The minimum absolute atomic E-state index is 1.00. The first-order chi connectivity index (χ1) is 32.8. The van der Waals surface area contributed by atoms with Gasteiger partial charge in [-0.1, -0.05) is 237 Å². The van der Waals surface area contributed by atoms with E-state index in [1.54, 1.807) is 0 Å². The van der Waals surface area contributed by atoms with Gasteiger partial charge in [0.15, 0.2) is 0 Å². The summed E-state index contributed by atoms with van der Waals surface area (Å²) in [5.41, 5.74) is 20.1. The molecule has 0 aliphatic rings. The van der Waals surface area contributed by atoms with Crippen molar-refractivity contribution in [1.82, 2.24) is 4.98 Å². The number of para-hydroxylation sites is 1. The summed E-state index contributed by atoms with van der Waals surface area (Å²) in [5.74, 6) is 0. The minimum Gasteiger partial charge on any atom is -0.256 e. The van der Waals surface area contributed by atoms with E-state index < -0.39 is 0 Å². The molecule has 0 saturated heterocycles. The molecule has 0 bridgehead atoms. The van der Waals surface area contributed by atoms with Crippen molar-refractivity contribution >= 4 is 32.4 Å². The molecular formula is C65H43N. The van der Waals surface area contributed by atoms with Gasteiger partial charge < -0.3 is 0 Å². The summed E-state index contributed by atoms with van der Waals surface area (Å²) < 4.78 is 0. The zero-order valence-electron chi connectivity index (χ0n) is 36.3. The van der Waals surface area contributed by atoms with Crippen LogP contribution in [0.1, 0.15) is 0 Å². The van der Waals surface area contributed by atoms with E-state index >= 15 is 0 Å². The van der Waals surface area contributed by atoms with Crippen LogP contribution in [0.4, 0.5) is 0 Å². The zero-order valence-corrected chi connectivity index (χ0v) is 36.3. The van der Waals surface area contributed by atoms with Crippen LogP contribution in [0.15, 0.2) is 261 Å². The molecule has 0 N–H and O–H groups in total. The van der Waals surface area contributed by atoms with Crippen LogP contribution in [0.5, 0.6) is 0 Å². The molecular weight excluding hydrogens is 795 g/mol. The summed E-state index contributed by atoms with van der Waals surface area (Å²) in [6.07, 6.45) is 2.03. The molecule has 0 aliphatic carbocycles. The highest BCUT2D eigenvalue weighted by Gasteiger charge is 2.24. The van der Waals surface area contributed by atoms with Crippen molar-refractivity contribution in [1.29, 1.82) is 0 Å². The standard InChI is InChI=1S/C65H43N/c1-5-19-46(20-6-1)58-42-59(64(49-23-9-3-10-24-49)65(50-25-11-4-12-26-50)63(58)48-21-7-2-8-22-48)47-37-33-44(34-38-47)45-35-39-51(40-36-45)61-54-28-14-16-30-56(54)62(57-31-17-15-29-55(57)61)53-41-52-27-13-18-32-60(52)66-43-53/h1-43H. The largest absolute Gasteiger partial charge is 0.256 e. The van der Waals surface area contributed by atoms with Crippen LogP contribution in [0.25, 0.3) is 121 Å². The molecule has 0 aliphatic heterocycles. The van der Waals surface area contributed by atoms with Crippen molar-refractivity contribution in [2.75, 3.05) is 0 Å². The number of nitrogens with zero attached hydrogens (tertiary/aromatic N) is 1. The fourth-order valence-electron chi connectivity index (χ4n) is 10.1. The average molecular weight is 838 g/mol. The molecule has 0 saturated carbocycles. The second-order valence-corrected chi connectivity index (χ2v) is 17.0. The normalized spacial score (nSPS) is 11.3. The molecule has 1 heteroatoms. The Morgan fingerprint density at radius 3 is 1.03 bits per heavy atom. The molecule has 11 aromatic carbocycles. The van der Waals surface area contributed by atoms with Crippen molar-refractivity contribution in [3.05, 3.63) is 261 Å². The van der Waals surface area contributed by atoms with Gasteiger partial charge in [0.25, 0.3) is 0 Å². The summed E-state index contributed by atoms with van der Waals surface area (Å²) in [6.45, 7) is 0. The fraction of sp³-hybridized carbons (Fsp3) is 0. The lowest BCUT2D eigenvalue weighted by molar-refractivity contribution is 1.41. The van der Waals surface area contributed by atoms with Crippen molar-refractivity contribution in [2.45, 2.75) is 0 Å². The minimum atomic E-state index is 1.00. The lowest BCUT2D eigenvalue weighted by Gasteiger charge is -2.24. The SMILES string of the molecule is c1ccc(-c2cc(-c3ccc(-c4ccc(-c5c6ccccc6c(-c6cnc7ccccc7c6)c6ccccc56)cc4)cc3)c(-c3ccccc3)c(-c3ccccc3)c2-c2ccccc2)cc1. The topological polar surface area (TPSA) is 12.9 Å². The zero-order chi connectivity index (χ0) is 43.8. The van der Waals surface area contributed by atoms with Crippen LogP contribution in [0.2, 0.25) is 0 Å². The predicted molar refractivity (Wildman–Crippen MR) is 280 cm³/mol. The Morgan fingerprint density at radius 1 is 0.212 bits per heavy atom. The highest BCUT2D eigenvalue weighted by Crippen LogP contribution is 2.51. The second kappa shape index (κ2) is 16.8. The maximum Gasteiger partial charge on any atom is 0.0702 e. The van der Waals surface area contributed by atoms with Gasteiger partial charge in [0.1, 0.15) is 0 Å². The number of hydrogen-bond acceptors (Lipinski definition) is 1. The van der Waals surface area contributed by atoms with E-state index in [4.69, 9.17) is 4.98 Å². The first-order valence-corrected chi connectivity index (χ1v) is 22.7. The van der Waals surface area contributed by atoms with E-state index in [-0.39, 0.29) is 0 Å². The third kappa shape index (κ3) is 6.95. The van der Waals surface area contributed by atoms with Crippen LogP contribution in [0, 0.1) is 0 Å². The van der Waals surface area contributed by atoms with Crippen molar-refractivity contribution in [3.63, 3.8) is 0 Å². The van der Waals surface area contributed by atoms with Gasteiger partial charge in [0.2, 0.25) is 0 Å². The van der Waals surface area contributed by atoms with Crippen molar-refractivity contribution in [3.8, 4) is 89.0 Å². The van der Waals surface area contributed by atoms with Crippen LogP contribution in [-0.2, 0) is 0 Å². The van der Waals surface area contributed by atoms with Gasteiger partial charge in [-0.3, -0.25) is 4.98 Å². The molecule has 0 atom stereocenters.